The molecule has 35 heavy (non-hydrogen) atoms. The van der Waals surface area contributed by atoms with Crippen LogP contribution in [-0.4, -0.2) is 5.91 Å². The van der Waals surface area contributed by atoms with E-state index in [9.17, 15) is 4.79 Å². The van der Waals surface area contributed by atoms with Crippen molar-refractivity contribution >= 4 is 35.0 Å². The minimum atomic E-state index is -0.126. The predicted octanol–water partition coefficient (Wildman–Crippen LogP) is 7.26. The molecule has 0 aliphatic heterocycles. The number of halogens is 1. The van der Waals surface area contributed by atoms with Gasteiger partial charge in [-0.25, -0.2) is 0 Å². The first-order chi connectivity index (χ1) is 17.1. The van der Waals surface area contributed by atoms with Crippen molar-refractivity contribution in [1.82, 2.24) is 0 Å². The second-order valence-electron chi connectivity index (χ2n) is 7.84. The van der Waals surface area contributed by atoms with E-state index in [2.05, 4.69) is 23.5 Å². The molecule has 174 valence electrons. The number of hydrogen-bond acceptors (Lipinski definition) is 4. The van der Waals surface area contributed by atoms with Gasteiger partial charge in [0.2, 0.25) is 5.91 Å². The molecule has 0 aliphatic carbocycles. The second-order valence-corrected chi connectivity index (χ2v) is 9.26. The number of benzene rings is 4. The SMILES string of the molecule is N#Cc1ccc(OCc2ccc(NC(=O)Cc3ccccc3Cl)cc2SCc2ccccc2)cc1. The van der Waals surface area contributed by atoms with E-state index in [1.165, 1.54) is 5.56 Å². The average Bonchev–Trinajstić information content (AvgIpc) is 2.89. The summed E-state index contributed by atoms with van der Waals surface area (Å²) in [5.74, 6) is 1.36. The van der Waals surface area contributed by atoms with E-state index < -0.39 is 0 Å². The molecule has 0 radical (unpaired) electrons. The minimum absolute atomic E-state index is 0.126. The quantitative estimate of drug-likeness (QED) is 0.246. The number of nitrogens with zero attached hydrogens (tertiary/aromatic N) is 1. The van der Waals surface area contributed by atoms with Gasteiger partial charge in [-0.05, 0) is 53.6 Å². The van der Waals surface area contributed by atoms with Gasteiger partial charge in [-0.15, -0.1) is 11.8 Å². The molecule has 0 fully saturated rings. The fourth-order valence-electron chi connectivity index (χ4n) is 3.43. The molecule has 1 amide bonds. The number of rotatable bonds is 9. The Morgan fingerprint density at radius 2 is 1.66 bits per heavy atom. The Morgan fingerprint density at radius 1 is 0.914 bits per heavy atom. The van der Waals surface area contributed by atoms with Crippen LogP contribution in [0.4, 0.5) is 5.69 Å². The maximum absolute atomic E-state index is 12.6. The topological polar surface area (TPSA) is 62.1 Å². The van der Waals surface area contributed by atoms with Crippen LogP contribution in [0.1, 0.15) is 22.3 Å². The molecule has 4 nitrogen and oxygen atoms in total. The Morgan fingerprint density at radius 3 is 2.40 bits per heavy atom. The first kappa shape index (κ1) is 24.4. The lowest BCUT2D eigenvalue weighted by Crippen LogP contribution is -2.14. The van der Waals surface area contributed by atoms with Crippen molar-refractivity contribution in [3.05, 3.63) is 124 Å². The van der Waals surface area contributed by atoms with Gasteiger partial charge in [0.05, 0.1) is 18.1 Å². The normalized spacial score (nSPS) is 10.4. The molecular weight excluding hydrogens is 476 g/mol. The molecule has 0 heterocycles. The third-order valence-electron chi connectivity index (χ3n) is 5.27. The molecule has 6 heteroatoms. The molecule has 4 rings (SSSR count). The zero-order chi connectivity index (χ0) is 24.5. The average molecular weight is 499 g/mol. The largest absolute Gasteiger partial charge is 0.489 e. The minimum Gasteiger partial charge on any atom is -0.489 e. The molecule has 0 bridgehead atoms. The highest BCUT2D eigenvalue weighted by Crippen LogP contribution is 2.30. The van der Waals surface area contributed by atoms with Gasteiger partial charge < -0.3 is 10.1 Å². The van der Waals surface area contributed by atoms with Crippen molar-refractivity contribution in [2.45, 2.75) is 23.7 Å². The number of nitrogens with one attached hydrogen (secondary N) is 1. The summed E-state index contributed by atoms with van der Waals surface area (Å²) in [7, 11) is 0. The van der Waals surface area contributed by atoms with E-state index in [1.807, 2.05) is 54.6 Å². The van der Waals surface area contributed by atoms with E-state index in [0.29, 0.717) is 22.9 Å². The molecule has 0 aromatic heterocycles. The molecular formula is C29H23ClN2O2S. The summed E-state index contributed by atoms with van der Waals surface area (Å²) >= 11 is 7.90. The number of amides is 1. The van der Waals surface area contributed by atoms with Gasteiger partial charge in [0.15, 0.2) is 0 Å². The van der Waals surface area contributed by atoms with Gasteiger partial charge in [-0.2, -0.15) is 5.26 Å². The van der Waals surface area contributed by atoms with Crippen molar-refractivity contribution in [2.24, 2.45) is 0 Å². The highest BCUT2D eigenvalue weighted by Gasteiger charge is 2.11. The number of ether oxygens (including phenoxy) is 1. The highest BCUT2D eigenvalue weighted by atomic mass is 35.5. The Bertz CT molecular complexity index is 1340. The number of anilines is 1. The number of carbonyl (C=O) groups excluding carboxylic acids is 1. The molecule has 0 aliphatic rings. The lowest BCUT2D eigenvalue weighted by atomic mass is 10.1. The van der Waals surface area contributed by atoms with Crippen LogP contribution in [0.25, 0.3) is 0 Å². The van der Waals surface area contributed by atoms with Gasteiger partial charge in [0.1, 0.15) is 12.4 Å². The summed E-state index contributed by atoms with van der Waals surface area (Å²) in [4.78, 5) is 13.7. The summed E-state index contributed by atoms with van der Waals surface area (Å²) in [5.41, 5.74) is 4.33. The van der Waals surface area contributed by atoms with Crippen molar-refractivity contribution in [3.8, 4) is 11.8 Å². The van der Waals surface area contributed by atoms with E-state index in [4.69, 9.17) is 21.6 Å². The first-order valence-electron chi connectivity index (χ1n) is 11.1. The Kier molecular flexibility index (Phi) is 8.45. The third kappa shape index (κ3) is 7.13. The monoisotopic (exact) mass is 498 g/mol. The third-order valence-corrected chi connectivity index (χ3v) is 6.81. The first-order valence-corrected chi connectivity index (χ1v) is 12.4. The number of carbonyl (C=O) groups is 1. The predicted molar refractivity (Wildman–Crippen MR) is 142 cm³/mol. The van der Waals surface area contributed by atoms with Crippen LogP contribution in [-0.2, 0) is 23.6 Å². The maximum atomic E-state index is 12.6. The zero-order valence-corrected chi connectivity index (χ0v) is 20.5. The van der Waals surface area contributed by atoms with Gasteiger partial charge in [0, 0.05) is 26.9 Å². The Hall–Kier alpha value is -3.72. The van der Waals surface area contributed by atoms with Gasteiger partial charge in [-0.3, -0.25) is 4.79 Å². The summed E-state index contributed by atoms with van der Waals surface area (Å²) in [6, 6.07) is 32.6. The summed E-state index contributed by atoms with van der Waals surface area (Å²) in [6.07, 6.45) is 0.204. The second kappa shape index (κ2) is 12.1. The molecule has 0 atom stereocenters. The lowest BCUT2D eigenvalue weighted by molar-refractivity contribution is -0.115. The Balaban J connectivity index is 1.49. The van der Waals surface area contributed by atoms with Crippen molar-refractivity contribution in [2.75, 3.05) is 5.32 Å². The fourth-order valence-corrected chi connectivity index (χ4v) is 4.67. The zero-order valence-electron chi connectivity index (χ0n) is 18.9. The van der Waals surface area contributed by atoms with Gasteiger partial charge in [0.25, 0.3) is 0 Å². The molecule has 4 aromatic rings. The summed E-state index contributed by atoms with van der Waals surface area (Å²) in [6.45, 7) is 0.372. The van der Waals surface area contributed by atoms with Crippen LogP contribution in [0.2, 0.25) is 5.02 Å². The van der Waals surface area contributed by atoms with Gasteiger partial charge >= 0.3 is 0 Å². The molecule has 1 N–H and O–H groups in total. The summed E-state index contributed by atoms with van der Waals surface area (Å²) < 4.78 is 5.97. The smallest absolute Gasteiger partial charge is 0.228 e. The maximum Gasteiger partial charge on any atom is 0.228 e. The Labute approximate surface area is 214 Å². The van der Waals surface area contributed by atoms with Crippen LogP contribution in [0.3, 0.4) is 0 Å². The van der Waals surface area contributed by atoms with Crippen LogP contribution < -0.4 is 10.1 Å². The summed E-state index contributed by atoms with van der Waals surface area (Å²) in [5, 5.41) is 12.5. The molecule has 4 aromatic carbocycles. The van der Waals surface area contributed by atoms with Crippen molar-refractivity contribution < 1.29 is 9.53 Å². The number of hydrogen-bond donors (Lipinski definition) is 1. The molecule has 0 saturated carbocycles. The van der Waals surface area contributed by atoms with Crippen LogP contribution in [0.15, 0.2) is 102 Å². The molecule has 0 saturated heterocycles. The fraction of sp³-hybridized carbons (Fsp3) is 0.103. The highest BCUT2D eigenvalue weighted by molar-refractivity contribution is 7.98. The lowest BCUT2D eigenvalue weighted by Gasteiger charge is -2.14. The van der Waals surface area contributed by atoms with E-state index >= 15 is 0 Å². The van der Waals surface area contributed by atoms with Crippen molar-refractivity contribution in [3.63, 3.8) is 0 Å². The molecule has 0 unspecified atom stereocenters. The van der Waals surface area contributed by atoms with E-state index in [0.717, 1.165) is 27.5 Å². The van der Waals surface area contributed by atoms with Crippen LogP contribution >= 0.6 is 23.4 Å². The van der Waals surface area contributed by atoms with Crippen LogP contribution in [0.5, 0.6) is 5.75 Å². The van der Waals surface area contributed by atoms with Gasteiger partial charge in [-0.1, -0.05) is 66.2 Å². The van der Waals surface area contributed by atoms with Crippen LogP contribution in [0, 0.1) is 11.3 Å². The van der Waals surface area contributed by atoms with Crippen molar-refractivity contribution in [1.29, 1.82) is 5.26 Å². The number of nitriles is 1. The number of thioether (sulfide) groups is 1. The standard InChI is InChI=1S/C29H23ClN2O2S/c30-27-9-5-4-8-23(27)16-29(33)32-25-13-12-24(19-34-26-14-10-21(18-31)11-15-26)28(17-25)35-20-22-6-2-1-3-7-22/h1-15,17H,16,19-20H2,(H,32,33). The molecule has 0 spiro atoms. The van der Waals surface area contributed by atoms with E-state index in [1.54, 1.807) is 42.1 Å². The van der Waals surface area contributed by atoms with E-state index in [-0.39, 0.29) is 12.3 Å².